The third-order valence-electron chi connectivity index (χ3n) is 6.26. The van der Waals surface area contributed by atoms with Crippen molar-refractivity contribution < 1.29 is 28.4 Å². The molecule has 224 valence electrons. The lowest BCUT2D eigenvalue weighted by molar-refractivity contribution is -0.123. The predicted octanol–water partition coefficient (Wildman–Crippen LogP) is 6.71. The smallest absolute Gasteiger partial charge is 0.387 e. The van der Waals surface area contributed by atoms with E-state index in [0.29, 0.717) is 6.42 Å². The van der Waals surface area contributed by atoms with Gasteiger partial charge in [0.1, 0.15) is 0 Å². The van der Waals surface area contributed by atoms with Crippen LogP contribution in [0.15, 0.2) is 24.3 Å². The first kappa shape index (κ1) is 37.0. The molecule has 0 aliphatic rings. The van der Waals surface area contributed by atoms with Gasteiger partial charge in [0.15, 0.2) is 0 Å². The summed E-state index contributed by atoms with van der Waals surface area (Å²) in [6.45, 7) is 3.96. The lowest BCUT2D eigenvalue weighted by Crippen LogP contribution is -2.45. The van der Waals surface area contributed by atoms with Crippen LogP contribution in [0.2, 0.25) is 0 Å². The first-order valence-corrected chi connectivity index (χ1v) is 16.5. The number of unbranched alkanes of at least 4 members (excludes halogenated alkanes) is 13. The van der Waals surface area contributed by atoms with Crippen molar-refractivity contribution in [3.8, 4) is 0 Å². The normalized spacial score (nSPS) is 15.2. The number of carbonyl (C=O) groups excluding carboxylic acids is 1. The van der Waals surface area contributed by atoms with E-state index < -0.39 is 20.0 Å². The third kappa shape index (κ3) is 24.1. The number of phosphoric acid groups is 1. The molecule has 5 N–H and O–H groups in total. The van der Waals surface area contributed by atoms with E-state index in [9.17, 15) is 19.4 Å². The topological polar surface area (TPSA) is 131 Å². The average molecular weight is 561 g/mol. The number of amides is 1. The number of phosphoric ester groups is 1. The van der Waals surface area contributed by atoms with Crippen molar-refractivity contribution in [3.05, 3.63) is 24.3 Å². The van der Waals surface area contributed by atoms with Crippen molar-refractivity contribution in [1.82, 2.24) is 5.32 Å². The highest BCUT2D eigenvalue weighted by Crippen LogP contribution is 2.43. The Morgan fingerprint density at radius 3 is 1.97 bits per heavy atom. The zero-order valence-electron chi connectivity index (χ0n) is 24.2. The van der Waals surface area contributed by atoms with Crippen LogP contribution >= 0.6 is 7.82 Å². The molecular weight excluding hydrogens is 503 g/mol. The lowest BCUT2D eigenvalue weighted by Gasteiger charge is -2.23. The third-order valence-corrected chi connectivity index (χ3v) is 7.25. The Balaban J connectivity index is 4.42. The maximum atomic E-state index is 12.5. The Labute approximate surface area is 232 Å². The molecule has 9 heteroatoms. The van der Waals surface area contributed by atoms with Gasteiger partial charge in [-0.15, -0.1) is 0 Å². The first-order chi connectivity index (χ1) is 18.4. The highest BCUT2D eigenvalue weighted by atomic mass is 31.2. The van der Waals surface area contributed by atoms with E-state index >= 15 is 0 Å². The standard InChI is InChI=1S/C29H57N2O6P/c1-3-5-7-9-11-12-13-14-15-17-19-21-23-29(33)31-27(26-37-38(34,35)36-25-24-30)28(32)22-20-18-16-10-8-6-4-2/h8,10,20,22,27-28,32H,3-7,9,11-19,21,23-26,30H2,1-2H3,(H,31,33)(H,34,35)/b10-8+,22-20+. The van der Waals surface area contributed by atoms with Crippen LogP contribution in [0, 0.1) is 0 Å². The minimum absolute atomic E-state index is 0.0746. The maximum Gasteiger partial charge on any atom is 0.472 e. The molecule has 1 amide bonds. The van der Waals surface area contributed by atoms with Crippen LogP contribution in [-0.2, 0) is 18.4 Å². The molecule has 0 bridgehead atoms. The molecule has 0 aromatic rings. The number of aliphatic hydroxyl groups excluding tert-OH is 1. The summed E-state index contributed by atoms with van der Waals surface area (Å²) in [6.07, 6.45) is 25.3. The van der Waals surface area contributed by atoms with Gasteiger partial charge in [-0.2, -0.15) is 0 Å². The number of allylic oxidation sites excluding steroid dienone is 3. The summed E-state index contributed by atoms with van der Waals surface area (Å²) in [5, 5.41) is 13.4. The SMILES string of the molecule is CCC/C=C/CC/C=C/C(O)C(COP(=O)(O)OCCN)NC(=O)CCCCCCCCCCCCCC. The fraction of sp³-hybridized carbons (Fsp3) is 0.828. The molecular formula is C29H57N2O6P. The van der Waals surface area contributed by atoms with Gasteiger partial charge in [-0.05, 0) is 25.7 Å². The Bertz CT molecular complexity index is 659. The quantitative estimate of drug-likeness (QED) is 0.0499. The molecule has 0 aliphatic carbocycles. The fourth-order valence-corrected chi connectivity index (χ4v) is 4.74. The summed E-state index contributed by atoms with van der Waals surface area (Å²) in [7, 11) is -4.32. The summed E-state index contributed by atoms with van der Waals surface area (Å²) in [5.41, 5.74) is 5.31. The predicted molar refractivity (Wildman–Crippen MR) is 157 cm³/mol. The van der Waals surface area contributed by atoms with Gasteiger partial charge in [0.05, 0.1) is 25.4 Å². The number of hydrogen-bond acceptors (Lipinski definition) is 6. The van der Waals surface area contributed by atoms with Crippen LogP contribution in [0.25, 0.3) is 0 Å². The van der Waals surface area contributed by atoms with Gasteiger partial charge in [-0.3, -0.25) is 13.8 Å². The molecule has 0 saturated heterocycles. The van der Waals surface area contributed by atoms with E-state index in [1.165, 1.54) is 57.8 Å². The molecule has 0 aliphatic heterocycles. The Hall–Kier alpha value is -1.02. The highest BCUT2D eigenvalue weighted by molar-refractivity contribution is 7.47. The molecule has 0 aromatic heterocycles. The summed E-state index contributed by atoms with van der Waals surface area (Å²) in [4.78, 5) is 22.3. The Kier molecular flexibility index (Phi) is 25.5. The molecule has 3 unspecified atom stereocenters. The minimum atomic E-state index is -4.32. The van der Waals surface area contributed by atoms with Crippen molar-refractivity contribution in [2.45, 2.75) is 135 Å². The lowest BCUT2D eigenvalue weighted by atomic mass is 10.0. The molecule has 0 heterocycles. The second-order valence-electron chi connectivity index (χ2n) is 9.96. The number of hydrogen-bond donors (Lipinski definition) is 4. The Morgan fingerprint density at radius 2 is 1.39 bits per heavy atom. The van der Waals surface area contributed by atoms with Crippen LogP contribution in [-0.4, -0.2) is 47.8 Å². The van der Waals surface area contributed by atoms with E-state index in [1.54, 1.807) is 6.08 Å². The van der Waals surface area contributed by atoms with Crippen LogP contribution in [0.4, 0.5) is 0 Å². The largest absolute Gasteiger partial charge is 0.472 e. The van der Waals surface area contributed by atoms with Crippen molar-refractivity contribution in [2.24, 2.45) is 5.73 Å². The second-order valence-corrected chi connectivity index (χ2v) is 11.4. The van der Waals surface area contributed by atoms with Gasteiger partial charge in [0, 0.05) is 13.0 Å². The molecule has 0 saturated carbocycles. The second kappa shape index (κ2) is 26.2. The number of carbonyl (C=O) groups is 1. The van der Waals surface area contributed by atoms with Crippen molar-refractivity contribution in [2.75, 3.05) is 19.8 Å². The Morgan fingerprint density at radius 1 is 0.842 bits per heavy atom. The van der Waals surface area contributed by atoms with Crippen LogP contribution in [0.1, 0.15) is 123 Å². The van der Waals surface area contributed by atoms with E-state index in [-0.39, 0.29) is 25.7 Å². The van der Waals surface area contributed by atoms with E-state index in [4.69, 9.17) is 14.8 Å². The van der Waals surface area contributed by atoms with Gasteiger partial charge in [0.25, 0.3) is 0 Å². The molecule has 38 heavy (non-hydrogen) atoms. The summed E-state index contributed by atoms with van der Waals surface area (Å²) < 4.78 is 21.8. The number of aliphatic hydroxyl groups is 1. The minimum Gasteiger partial charge on any atom is -0.387 e. The van der Waals surface area contributed by atoms with Crippen molar-refractivity contribution in [1.29, 1.82) is 0 Å². The van der Waals surface area contributed by atoms with Crippen LogP contribution in [0.3, 0.4) is 0 Å². The molecule has 8 nitrogen and oxygen atoms in total. The van der Waals surface area contributed by atoms with Crippen LogP contribution in [0.5, 0.6) is 0 Å². The van der Waals surface area contributed by atoms with E-state index in [0.717, 1.165) is 44.9 Å². The molecule has 0 aromatic carbocycles. The number of rotatable bonds is 27. The van der Waals surface area contributed by atoms with Crippen molar-refractivity contribution in [3.63, 3.8) is 0 Å². The summed E-state index contributed by atoms with van der Waals surface area (Å²) >= 11 is 0. The molecule has 0 rings (SSSR count). The summed E-state index contributed by atoms with van der Waals surface area (Å²) in [6, 6.07) is -0.867. The zero-order chi connectivity index (χ0) is 28.3. The van der Waals surface area contributed by atoms with Gasteiger partial charge in [-0.25, -0.2) is 4.57 Å². The zero-order valence-corrected chi connectivity index (χ0v) is 25.1. The molecule has 0 spiro atoms. The molecule has 3 atom stereocenters. The van der Waals surface area contributed by atoms with Gasteiger partial charge in [-0.1, -0.05) is 115 Å². The van der Waals surface area contributed by atoms with E-state index in [2.05, 4.69) is 31.3 Å². The van der Waals surface area contributed by atoms with E-state index in [1.807, 2.05) is 6.08 Å². The maximum absolute atomic E-state index is 12.5. The highest BCUT2D eigenvalue weighted by Gasteiger charge is 2.26. The monoisotopic (exact) mass is 560 g/mol. The fourth-order valence-electron chi connectivity index (χ4n) is 3.98. The first-order valence-electron chi connectivity index (χ1n) is 15.0. The molecule has 0 fully saturated rings. The van der Waals surface area contributed by atoms with Gasteiger partial charge in [0.2, 0.25) is 5.91 Å². The van der Waals surface area contributed by atoms with Gasteiger partial charge < -0.3 is 21.1 Å². The molecule has 0 radical (unpaired) electrons. The van der Waals surface area contributed by atoms with Crippen LogP contribution < -0.4 is 11.1 Å². The average Bonchev–Trinajstić information content (AvgIpc) is 2.89. The number of nitrogens with one attached hydrogen (secondary N) is 1. The van der Waals surface area contributed by atoms with Gasteiger partial charge >= 0.3 is 7.82 Å². The number of nitrogens with two attached hydrogens (primary N) is 1. The van der Waals surface area contributed by atoms with Crippen molar-refractivity contribution >= 4 is 13.7 Å². The summed E-state index contributed by atoms with van der Waals surface area (Å²) in [5.74, 6) is -0.212.